The van der Waals surface area contributed by atoms with Gasteiger partial charge in [-0.05, 0) is 26.0 Å². The van der Waals surface area contributed by atoms with E-state index >= 15 is 0 Å². The molecule has 1 aromatic rings. The van der Waals surface area contributed by atoms with E-state index in [2.05, 4.69) is 55.2 Å². The van der Waals surface area contributed by atoms with Gasteiger partial charge in [0.15, 0.2) is 0 Å². The highest BCUT2D eigenvalue weighted by Crippen LogP contribution is 1.98. The Balaban J connectivity index is 2.28. The summed E-state index contributed by atoms with van der Waals surface area (Å²) in [6.07, 6.45) is 4.26. The van der Waals surface area contributed by atoms with Crippen molar-refractivity contribution >= 4 is 0 Å². The minimum absolute atomic E-state index is 0.938. The van der Waals surface area contributed by atoms with E-state index in [4.69, 9.17) is 0 Å². The maximum atomic E-state index is 3.36. The van der Waals surface area contributed by atoms with Gasteiger partial charge in [-0.3, -0.25) is 0 Å². The van der Waals surface area contributed by atoms with Crippen molar-refractivity contribution in [1.82, 2.24) is 9.88 Å². The van der Waals surface area contributed by atoms with Crippen LogP contribution in [0.2, 0.25) is 0 Å². The van der Waals surface area contributed by atoms with Crippen LogP contribution in [0.3, 0.4) is 0 Å². The molecule has 0 aliphatic rings. The van der Waals surface area contributed by atoms with Crippen LogP contribution in [-0.4, -0.2) is 11.1 Å². The van der Waals surface area contributed by atoms with Gasteiger partial charge in [0.05, 0.1) is 0 Å². The van der Waals surface area contributed by atoms with E-state index in [0.717, 1.165) is 13.1 Å². The van der Waals surface area contributed by atoms with Crippen molar-refractivity contribution in [2.45, 2.75) is 20.4 Å². The number of hydrogen-bond donors (Lipinski definition) is 1. The highest BCUT2D eigenvalue weighted by Gasteiger charge is 1.93. The van der Waals surface area contributed by atoms with Crippen LogP contribution in [0.1, 0.15) is 19.5 Å². The molecule has 13 heavy (non-hydrogen) atoms. The number of hydrogen-bond acceptors (Lipinski definition) is 1. The number of aromatic nitrogens is 1. The summed E-state index contributed by atoms with van der Waals surface area (Å²) in [4.78, 5) is 0. The molecule has 0 aromatic carbocycles. The minimum atomic E-state index is 0.938. The molecule has 1 rings (SSSR count). The third kappa shape index (κ3) is 3.47. The quantitative estimate of drug-likeness (QED) is 0.552. The van der Waals surface area contributed by atoms with Crippen LogP contribution in [0.5, 0.6) is 0 Å². The van der Waals surface area contributed by atoms with Gasteiger partial charge in [-0.1, -0.05) is 11.6 Å². The van der Waals surface area contributed by atoms with Crippen molar-refractivity contribution in [3.05, 3.63) is 35.7 Å². The number of nitrogens with one attached hydrogen (secondary N) is 1. The Kier molecular flexibility index (Phi) is 3.77. The van der Waals surface area contributed by atoms with Gasteiger partial charge < -0.3 is 9.88 Å². The van der Waals surface area contributed by atoms with Crippen molar-refractivity contribution in [2.75, 3.05) is 6.54 Å². The molecule has 0 radical (unpaired) electrons. The van der Waals surface area contributed by atoms with E-state index in [9.17, 15) is 0 Å². The summed E-state index contributed by atoms with van der Waals surface area (Å²) in [6, 6.07) is 4.20. The number of nitrogens with zero attached hydrogens (tertiary/aromatic N) is 1. The van der Waals surface area contributed by atoms with Gasteiger partial charge >= 0.3 is 0 Å². The minimum Gasteiger partial charge on any atom is -0.353 e. The lowest BCUT2D eigenvalue weighted by Gasteiger charge is -2.03. The highest BCUT2D eigenvalue weighted by atomic mass is 15.0. The number of rotatable bonds is 4. The zero-order chi connectivity index (χ0) is 9.68. The first-order valence-corrected chi connectivity index (χ1v) is 4.64. The Morgan fingerprint density at radius 3 is 2.85 bits per heavy atom. The Bertz CT molecular complexity index is 280. The molecule has 0 aliphatic heterocycles. The zero-order valence-electron chi connectivity index (χ0n) is 8.67. The van der Waals surface area contributed by atoms with E-state index in [1.807, 2.05) is 0 Å². The lowest BCUT2D eigenvalue weighted by molar-refractivity contribution is 0.700. The standard InChI is InChI=1S/C11H18N2/c1-10(2)6-7-12-9-11-5-4-8-13(11)3/h4-6,8,12H,7,9H2,1-3H3. The van der Waals surface area contributed by atoms with Crippen LogP contribution in [0.25, 0.3) is 0 Å². The van der Waals surface area contributed by atoms with E-state index in [1.54, 1.807) is 0 Å². The summed E-state index contributed by atoms with van der Waals surface area (Å²) >= 11 is 0. The molecule has 0 saturated heterocycles. The van der Waals surface area contributed by atoms with Crippen LogP contribution in [0.4, 0.5) is 0 Å². The van der Waals surface area contributed by atoms with Gasteiger partial charge in [-0.2, -0.15) is 0 Å². The summed E-state index contributed by atoms with van der Waals surface area (Å²) in [6.45, 7) is 6.12. The first-order valence-electron chi connectivity index (χ1n) is 4.64. The SMILES string of the molecule is CC(C)=CCNCc1cccn1C. The summed E-state index contributed by atoms with van der Waals surface area (Å²) in [7, 11) is 2.07. The maximum Gasteiger partial charge on any atom is 0.0361 e. The molecule has 0 spiro atoms. The van der Waals surface area contributed by atoms with Gasteiger partial charge in [-0.15, -0.1) is 0 Å². The maximum absolute atomic E-state index is 3.36. The molecule has 0 aliphatic carbocycles. The second-order valence-electron chi connectivity index (χ2n) is 3.52. The first-order chi connectivity index (χ1) is 6.20. The topological polar surface area (TPSA) is 17.0 Å². The van der Waals surface area contributed by atoms with Gasteiger partial charge in [0, 0.05) is 32.0 Å². The van der Waals surface area contributed by atoms with Gasteiger partial charge in [0.2, 0.25) is 0 Å². The van der Waals surface area contributed by atoms with Crippen LogP contribution in [-0.2, 0) is 13.6 Å². The zero-order valence-corrected chi connectivity index (χ0v) is 8.67. The largest absolute Gasteiger partial charge is 0.353 e. The third-order valence-electron chi connectivity index (χ3n) is 2.01. The predicted octanol–water partition coefficient (Wildman–Crippen LogP) is 2.08. The molecule has 0 saturated carbocycles. The summed E-state index contributed by atoms with van der Waals surface area (Å²) < 4.78 is 2.13. The van der Waals surface area contributed by atoms with Crippen molar-refractivity contribution in [3.8, 4) is 0 Å². The van der Waals surface area contributed by atoms with E-state index in [0.29, 0.717) is 0 Å². The van der Waals surface area contributed by atoms with Crippen LogP contribution in [0, 0.1) is 0 Å². The van der Waals surface area contributed by atoms with E-state index in [1.165, 1.54) is 11.3 Å². The van der Waals surface area contributed by atoms with Crippen LogP contribution < -0.4 is 5.32 Å². The molecule has 1 aromatic heterocycles. The van der Waals surface area contributed by atoms with Crippen molar-refractivity contribution in [1.29, 1.82) is 0 Å². The fraction of sp³-hybridized carbons (Fsp3) is 0.455. The van der Waals surface area contributed by atoms with Crippen molar-refractivity contribution in [3.63, 3.8) is 0 Å². The lowest BCUT2D eigenvalue weighted by Crippen LogP contribution is -2.15. The first kappa shape index (κ1) is 10.1. The average Bonchev–Trinajstić information content (AvgIpc) is 2.45. The average molecular weight is 178 g/mol. The molecule has 2 nitrogen and oxygen atoms in total. The normalized spacial score (nSPS) is 10.1. The summed E-state index contributed by atoms with van der Waals surface area (Å²) in [5.41, 5.74) is 2.68. The molecule has 2 heteroatoms. The Morgan fingerprint density at radius 2 is 2.31 bits per heavy atom. The summed E-state index contributed by atoms with van der Waals surface area (Å²) in [5, 5.41) is 3.36. The van der Waals surface area contributed by atoms with Gasteiger partial charge in [0.25, 0.3) is 0 Å². The second-order valence-corrected chi connectivity index (χ2v) is 3.52. The highest BCUT2D eigenvalue weighted by molar-refractivity contribution is 5.06. The molecule has 0 amide bonds. The summed E-state index contributed by atoms with van der Waals surface area (Å²) in [5.74, 6) is 0. The molecular formula is C11H18N2. The fourth-order valence-electron chi connectivity index (χ4n) is 1.16. The van der Waals surface area contributed by atoms with Crippen LogP contribution >= 0.6 is 0 Å². The molecule has 1 heterocycles. The molecule has 72 valence electrons. The third-order valence-corrected chi connectivity index (χ3v) is 2.01. The smallest absolute Gasteiger partial charge is 0.0361 e. The molecule has 0 atom stereocenters. The van der Waals surface area contributed by atoms with Gasteiger partial charge in [-0.25, -0.2) is 0 Å². The second kappa shape index (κ2) is 4.87. The molecule has 0 fully saturated rings. The molecule has 1 N–H and O–H groups in total. The molecule has 0 bridgehead atoms. The fourth-order valence-corrected chi connectivity index (χ4v) is 1.16. The lowest BCUT2D eigenvalue weighted by atomic mass is 10.3. The Morgan fingerprint density at radius 1 is 1.54 bits per heavy atom. The van der Waals surface area contributed by atoms with Crippen LogP contribution in [0.15, 0.2) is 30.0 Å². The Hall–Kier alpha value is -1.02. The monoisotopic (exact) mass is 178 g/mol. The van der Waals surface area contributed by atoms with Crippen molar-refractivity contribution in [2.24, 2.45) is 7.05 Å². The number of allylic oxidation sites excluding steroid dienone is 1. The predicted molar refractivity (Wildman–Crippen MR) is 56.6 cm³/mol. The van der Waals surface area contributed by atoms with Crippen molar-refractivity contribution < 1.29 is 0 Å². The molecular weight excluding hydrogens is 160 g/mol. The number of aryl methyl sites for hydroxylation is 1. The Labute approximate surface area is 80.3 Å². The van der Waals surface area contributed by atoms with E-state index in [-0.39, 0.29) is 0 Å². The molecule has 0 unspecified atom stereocenters. The van der Waals surface area contributed by atoms with E-state index < -0.39 is 0 Å². The van der Waals surface area contributed by atoms with Gasteiger partial charge in [0.1, 0.15) is 0 Å².